The van der Waals surface area contributed by atoms with E-state index in [2.05, 4.69) is 5.32 Å². The maximum Gasteiger partial charge on any atom is 0.326 e. The maximum atomic E-state index is 12.3. The Hall–Kier alpha value is -1.10. The highest BCUT2D eigenvalue weighted by Crippen LogP contribution is 2.20. The van der Waals surface area contributed by atoms with Crippen molar-refractivity contribution in [2.45, 2.75) is 50.6 Å². The average molecular weight is 240 g/mol. The van der Waals surface area contributed by atoms with E-state index in [1.165, 1.54) is 0 Å². The third-order valence-electron chi connectivity index (χ3n) is 3.68. The van der Waals surface area contributed by atoms with E-state index in [0.717, 1.165) is 38.6 Å². The fraction of sp³-hybridized carbons (Fsp3) is 0.833. The van der Waals surface area contributed by atoms with Gasteiger partial charge in [0, 0.05) is 6.54 Å². The summed E-state index contributed by atoms with van der Waals surface area (Å²) in [7, 11) is 0. The Morgan fingerprint density at radius 2 is 1.88 bits per heavy atom. The lowest BCUT2D eigenvalue weighted by Crippen LogP contribution is -2.55. The molecule has 0 bridgehead atoms. The zero-order valence-corrected chi connectivity index (χ0v) is 10.0. The zero-order valence-electron chi connectivity index (χ0n) is 10.0. The second kappa shape index (κ2) is 5.49. The molecule has 0 aromatic carbocycles. The first kappa shape index (κ1) is 12.4. The smallest absolute Gasteiger partial charge is 0.326 e. The molecule has 0 spiro atoms. The van der Waals surface area contributed by atoms with Crippen LogP contribution in [0.25, 0.3) is 0 Å². The fourth-order valence-corrected chi connectivity index (χ4v) is 2.71. The van der Waals surface area contributed by atoms with Gasteiger partial charge in [0.1, 0.15) is 6.04 Å². The number of aliphatic carboxylic acids is 1. The molecule has 5 nitrogen and oxygen atoms in total. The van der Waals surface area contributed by atoms with Crippen molar-refractivity contribution in [3.05, 3.63) is 0 Å². The van der Waals surface area contributed by atoms with Crippen molar-refractivity contribution in [3.8, 4) is 0 Å². The monoisotopic (exact) mass is 240 g/mol. The number of carboxylic acid groups (broad SMARTS) is 1. The molecule has 2 fully saturated rings. The molecule has 0 saturated carbocycles. The van der Waals surface area contributed by atoms with Gasteiger partial charge in [-0.3, -0.25) is 4.79 Å². The van der Waals surface area contributed by atoms with Gasteiger partial charge in [-0.15, -0.1) is 0 Å². The van der Waals surface area contributed by atoms with E-state index in [9.17, 15) is 9.59 Å². The first-order valence-electron chi connectivity index (χ1n) is 6.47. The molecule has 2 rings (SSSR count). The number of likely N-dealkylation sites (tertiary alicyclic amines) is 1. The van der Waals surface area contributed by atoms with E-state index < -0.39 is 12.0 Å². The summed E-state index contributed by atoms with van der Waals surface area (Å²) in [5, 5.41) is 12.3. The Bertz CT molecular complexity index is 300. The molecule has 0 unspecified atom stereocenters. The van der Waals surface area contributed by atoms with E-state index in [4.69, 9.17) is 5.11 Å². The highest BCUT2D eigenvalue weighted by molar-refractivity contribution is 5.87. The predicted octanol–water partition coefficient (Wildman–Crippen LogP) is 0.594. The van der Waals surface area contributed by atoms with Gasteiger partial charge in [0.25, 0.3) is 0 Å². The number of hydrogen-bond donors (Lipinski definition) is 2. The summed E-state index contributed by atoms with van der Waals surface area (Å²) < 4.78 is 0. The number of piperidine rings is 2. The third-order valence-corrected chi connectivity index (χ3v) is 3.68. The Kier molecular flexibility index (Phi) is 3.99. The number of carboxylic acids is 1. The molecule has 1 amide bonds. The molecule has 0 aromatic rings. The average Bonchev–Trinajstić information content (AvgIpc) is 2.39. The van der Waals surface area contributed by atoms with Crippen LogP contribution in [0.5, 0.6) is 0 Å². The largest absolute Gasteiger partial charge is 0.480 e. The first-order chi connectivity index (χ1) is 8.20. The molecule has 0 aliphatic carbocycles. The van der Waals surface area contributed by atoms with Crippen LogP contribution in [-0.4, -0.2) is 47.1 Å². The van der Waals surface area contributed by atoms with Gasteiger partial charge in [0.15, 0.2) is 0 Å². The molecule has 17 heavy (non-hydrogen) atoms. The lowest BCUT2D eigenvalue weighted by atomic mass is 9.98. The van der Waals surface area contributed by atoms with Crippen molar-refractivity contribution >= 4 is 11.9 Å². The Balaban J connectivity index is 2.02. The fourth-order valence-electron chi connectivity index (χ4n) is 2.71. The highest BCUT2D eigenvalue weighted by atomic mass is 16.4. The SMILES string of the molecule is O=C(O)[C@H]1CCCCN1C(=O)[C@H]1CCCCN1. The summed E-state index contributed by atoms with van der Waals surface area (Å²) in [6, 6.07) is -0.774. The van der Waals surface area contributed by atoms with E-state index >= 15 is 0 Å². The predicted molar refractivity (Wildman–Crippen MR) is 62.6 cm³/mol. The van der Waals surface area contributed by atoms with Gasteiger partial charge in [-0.05, 0) is 38.6 Å². The van der Waals surface area contributed by atoms with Gasteiger partial charge >= 0.3 is 5.97 Å². The van der Waals surface area contributed by atoms with Crippen molar-refractivity contribution in [1.82, 2.24) is 10.2 Å². The van der Waals surface area contributed by atoms with Gasteiger partial charge in [-0.2, -0.15) is 0 Å². The number of amides is 1. The van der Waals surface area contributed by atoms with Crippen molar-refractivity contribution in [1.29, 1.82) is 0 Å². The molecule has 0 aromatic heterocycles. The van der Waals surface area contributed by atoms with Gasteiger partial charge in [-0.1, -0.05) is 6.42 Å². The normalized spacial score (nSPS) is 30.0. The zero-order chi connectivity index (χ0) is 12.3. The van der Waals surface area contributed by atoms with Crippen molar-refractivity contribution in [2.24, 2.45) is 0 Å². The molecule has 2 aliphatic heterocycles. The Labute approximate surface area is 101 Å². The van der Waals surface area contributed by atoms with Crippen LogP contribution in [0.3, 0.4) is 0 Å². The molecule has 2 N–H and O–H groups in total. The molecular formula is C12H20N2O3. The van der Waals surface area contributed by atoms with Crippen LogP contribution in [0.15, 0.2) is 0 Å². The number of nitrogens with zero attached hydrogens (tertiary/aromatic N) is 1. The van der Waals surface area contributed by atoms with Gasteiger partial charge < -0.3 is 15.3 Å². The summed E-state index contributed by atoms with van der Waals surface area (Å²) in [6.07, 6.45) is 5.40. The number of rotatable bonds is 2. The topological polar surface area (TPSA) is 69.6 Å². The minimum atomic E-state index is -0.867. The van der Waals surface area contributed by atoms with E-state index in [-0.39, 0.29) is 11.9 Å². The van der Waals surface area contributed by atoms with E-state index in [1.807, 2.05) is 0 Å². The second-order valence-corrected chi connectivity index (χ2v) is 4.88. The van der Waals surface area contributed by atoms with Crippen LogP contribution in [-0.2, 0) is 9.59 Å². The molecule has 2 aliphatic rings. The lowest BCUT2D eigenvalue weighted by Gasteiger charge is -2.36. The van der Waals surface area contributed by atoms with Gasteiger partial charge in [0.2, 0.25) is 5.91 Å². The summed E-state index contributed by atoms with van der Waals surface area (Å²) in [5.74, 6) is -0.884. The van der Waals surface area contributed by atoms with Crippen molar-refractivity contribution in [2.75, 3.05) is 13.1 Å². The summed E-state index contributed by atoms with van der Waals surface area (Å²) in [5.41, 5.74) is 0. The van der Waals surface area contributed by atoms with Crippen LogP contribution in [0.2, 0.25) is 0 Å². The quantitative estimate of drug-likeness (QED) is 0.741. The molecule has 2 heterocycles. The molecule has 0 radical (unpaired) electrons. The van der Waals surface area contributed by atoms with Crippen LogP contribution < -0.4 is 5.32 Å². The first-order valence-corrected chi connectivity index (χ1v) is 6.47. The molecule has 96 valence electrons. The number of carbonyl (C=O) groups is 2. The molecule has 5 heteroatoms. The standard InChI is InChI=1S/C12H20N2O3/c15-11(9-5-1-3-7-13-9)14-8-4-2-6-10(14)12(16)17/h9-10,13H,1-8H2,(H,16,17)/t9-,10-/m1/s1. The van der Waals surface area contributed by atoms with Crippen molar-refractivity contribution in [3.63, 3.8) is 0 Å². The Morgan fingerprint density at radius 1 is 1.12 bits per heavy atom. The molecule has 2 saturated heterocycles. The van der Waals surface area contributed by atoms with Crippen LogP contribution in [0.4, 0.5) is 0 Å². The third kappa shape index (κ3) is 2.77. The summed E-state index contributed by atoms with van der Waals surface area (Å²) in [4.78, 5) is 25.0. The number of carbonyl (C=O) groups excluding carboxylic acids is 1. The molecular weight excluding hydrogens is 220 g/mol. The molecule has 2 atom stereocenters. The van der Waals surface area contributed by atoms with E-state index in [1.54, 1.807) is 4.90 Å². The van der Waals surface area contributed by atoms with E-state index in [0.29, 0.717) is 13.0 Å². The summed E-state index contributed by atoms with van der Waals surface area (Å²) in [6.45, 7) is 1.45. The summed E-state index contributed by atoms with van der Waals surface area (Å²) >= 11 is 0. The minimum Gasteiger partial charge on any atom is -0.480 e. The Morgan fingerprint density at radius 3 is 2.53 bits per heavy atom. The maximum absolute atomic E-state index is 12.3. The van der Waals surface area contributed by atoms with Crippen LogP contribution >= 0.6 is 0 Å². The van der Waals surface area contributed by atoms with Gasteiger partial charge in [-0.25, -0.2) is 4.79 Å². The number of nitrogens with one attached hydrogen (secondary N) is 1. The van der Waals surface area contributed by atoms with Gasteiger partial charge in [0.05, 0.1) is 6.04 Å². The number of hydrogen-bond acceptors (Lipinski definition) is 3. The second-order valence-electron chi connectivity index (χ2n) is 4.88. The van der Waals surface area contributed by atoms with Crippen LogP contribution in [0, 0.1) is 0 Å². The minimum absolute atomic E-state index is 0.0169. The highest BCUT2D eigenvalue weighted by Gasteiger charge is 2.35. The van der Waals surface area contributed by atoms with Crippen LogP contribution in [0.1, 0.15) is 38.5 Å². The van der Waals surface area contributed by atoms with Crippen molar-refractivity contribution < 1.29 is 14.7 Å². The lowest BCUT2D eigenvalue weighted by molar-refractivity contribution is -0.153.